The van der Waals surface area contributed by atoms with Gasteiger partial charge in [-0.3, -0.25) is 0 Å². The molecule has 1 N–H and O–H groups in total. The van der Waals surface area contributed by atoms with Gasteiger partial charge in [-0.15, -0.1) is 0 Å². The Bertz CT molecular complexity index is 86.2. The summed E-state index contributed by atoms with van der Waals surface area (Å²) in [4.78, 5) is 2.05. The highest BCUT2D eigenvalue weighted by atomic mass is 16.5. The van der Waals surface area contributed by atoms with Crippen LogP contribution in [0.2, 0.25) is 0 Å². The van der Waals surface area contributed by atoms with Crippen LogP contribution in [0.5, 0.6) is 0 Å². The van der Waals surface area contributed by atoms with E-state index in [4.69, 9.17) is 4.74 Å². The zero-order valence-electron chi connectivity index (χ0n) is 7.71. The Labute approximate surface area is 69.0 Å². The average Bonchev–Trinajstić information content (AvgIpc) is 1.97. The zero-order valence-corrected chi connectivity index (χ0v) is 7.71. The predicted octanol–water partition coefficient (Wildman–Crippen LogP) is 0.335. The second-order valence-corrected chi connectivity index (χ2v) is 2.91. The van der Waals surface area contributed by atoms with Gasteiger partial charge in [0.1, 0.15) is 0 Å². The monoisotopic (exact) mass is 161 g/mol. The van der Waals surface area contributed by atoms with Gasteiger partial charge in [0.2, 0.25) is 0 Å². The second kappa shape index (κ2) is 6.58. The summed E-state index contributed by atoms with van der Waals surface area (Å²) in [5, 5.41) is 9.28. The Morgan fingerprint density at radius 3 is 2.55 bits per heavy atom. The quantitative estimate of drug-likeness (QED) is 0.609. The summed E-state index contributed by atoms with van der Waals surface area (Å²) in [6.07, 6.45) is 0.477. The Hall–Kier alpha value is -0.120. The molecule has 1 atom stereocenters. The van der Waals surface area contributed by atoms with Crippen molar-refractivity contribution in [1.29, 1.82) is 0 Å². The van der Waals surface area contributed by atoms with E-state index in [0.29, 0.717) is 13.2 Å². The van der Waals surface area contributed by atoms with E-state index in [1.165, 1.54) is 0 Å². The van der Waals surface area contributed by atoms with E-state index in [1.54, 1.807) is 0 Å². The van der Waals surface area contributed by atoms with Crippen molar-refractivity contribution in [3.05, 3.63) is 0 Å². The SMILES string of the molecule is CCOCC(O)CCN(C)C. The van der Waals surface area contributed by atoms with Crippen LogP contribution in [0.3, 0.4) is 0 Å². The Morgan fingerprint density at radius 2 is 2.09 bits per heavy atom. The van der Waals surface area contributed by atoms with Gasteiger partial charge in [-0.05, 0) is 27.4 Å². The van der Waals surface area contributed by atoms with Gasteiger partial charge < -0.3 is 14.7 Å². The van der Waals surface area contributed by atoms with Gasteiger partial charge >= 0.3 is 0 Å². The first-order chi connectivity index (χ1) is 5.16. The molecule has 0 amide bonds. The van der Waals surface area contributed by atoms with Crippen LogP contribution in [-0.2, 0) is 4.74 Å². The molecule has 0 aromatic rings. The molecule has 0 fully saturated rings. The van der Waals surface area contributed by atoms with Crippen molar-refractivity contribution in [2.24, 2.45) is 0 Å². The van der Waals surface area contributed by atoms with Crippen LogP contribution in [0.4, 0.5) is 0 Å². The maximum Gasteiger partial charge on any atom is 0.0785 e. The minimum absolute atomic E-state index is 0.308. The van der Waals surface area contributed by atoms with Gasteiger partial charge in [0.15, 0.2) is 0 Å². The van der Waals surface area contributed by atoms with Gasteiger partial charge in [0.25, 0.3) is 0 Å². The summed E-state index contributed by atoms with van der Waals surface area (Å²) in [5.74, 6) is 0. The molecule has 0 saturated heterocycles. The number of ether oxygens (including phenoxy) is 1. The molecule has 0 rings (SSSR count). The maximum atomic E-state index is 9.28. The van der Waals surface area contributed by atoms with Crippen molar-refractivity contribution in [3.63, 3.8) is 0 Å². The summed E-state index contributed by atoms with van der Waals surface area (Å²) in [6.45, 7) is 3.98. The van der Waals surface area contributed by atoms with Crippen LogP contribution in [0.1, 0.15) is 13.3 Å². The van der Waals surface area contributed by atoms with Crippen molar-refractivity contribution < 1.29 is 9.84 Å². The Balaban J connectivity index is 3.15. The molecule has 0 saturated carbocycles. The molecule has 11 heavy (non-hydrogen) atoms. The first-order valence-electron chi connectivity index (χ1n) is 4.07. The van der Waals surface area contributed by atoms with Gasteiger partial charge in [-0.2, -0.15) is 0 Å². The molecule has 1 unspecified atom stereocenters. The third kappa shape index (κ3) is 7.78. The van der Waals surface area contributed by atoms with E-state index in [2.05, 4.69) is 4.90 Å². The molecule has 0 aliphatic carbocycles. The fourth-order valence-corrected chi connectivity index (χ4v) is 0.744. The highest BCUT2D eigenvalue weighted by Gasteiger charge is 2.03. The summed E-state index contributed by atoms with van der Waals surface area (Å²) in [7, 11) is 3.99. The third-order valence-electron chi connectivity index (χ3n) is 1.42. The third-order valence-corrected chi connectivity index (χ3v) is 1.42. The highest BCUT2D eigenvalue weighted by Crippen LogP contribution is 1.93. The first kappa shape index (κ1) is 10.9. The summed E-state index contributed by atoms with van der Waals surface area (Å²) >= 11 is 0. The van der Waals surface area contributed by atoms with E-state index in [-0.39, 0.29) is 6.10 Å². The minimum Gasteiger partial charge on any atom is -0.391 e. The molecular formula is C8H19NO2. The van der Waals surface area contributed by atoms with Crippen LogP contribution in [0, 0.1) is 0 Å². The summed E-state index contributed by atoms with van der Waals surface area (Å²) in [6, 6.07) is 0. The second-order valence-electron chi connectivity index (χ2n) is 2.91. The topological polar surface area (TPSA) is 32.7 Å². The van der Waals surface area contributed by atoms with Crippen LogP contribution in [0.25, 0.3) is 0 Å². The normalized spacial score (nSPS) is 13.9. The molecule has 0 bridgehead atoms. The van der Waals surface area contributed by atoms with Crippen LogP contribution < -0.4 is 0 Å². The fourth-order valence-electron chi connectivity index (χ4n) is 0.744. The molecule has 3 nitrogen and oxygen atoms in total. The molecular weight excluding hydrogens is 142 g/mol. The molecule has 0 aromatic heterocycles. The number of hydrogen-bond donors (Lipinski definition) is 1. The molecule has 0 aliphatic heterocycles. The van der Waals surface area contributed by atoms with E-state index in [1.807, 2.05) is 21.0 Å². The van der Waals surface area contributed by atoms with Crippen molar-refractivity contribution >= 4 is 0 Å². The molecule has 0 spiro atoms. The summed E-state index contributed by atoms with van der Waals surface area (Å²) < 4.78 is 5.06. The number of hydrogen-bond acceptors (Lipinski definition) is 3. The van der Waals surface area contributed by atoms with Crippen LogP contribution in [-0.4, -0.2) is 50.0 Å². The van der Waals surface area contributed by atoms with E-state index in [9.17, 15) is 5.11 Å². The predicted molar refractivity (Wildman–Crippen MR) is 45.7 cm³/mol. The minimum atomic E-state index is -0.308. The van der Waals surface area contributed by atoms with E-state index >= 15 is 0 Å². The van der Waals surface area contributed by atoms with Gasteiger partial charge in [-0.25, -0.2) is 0 Å². The first-order valence-corrected chi connectivity index (χ1v) is 4.07. The Morgan fingerprint density at radius 1 is 1.45 bits per heavy atom. The lowest BCUT2D eigenvalue weighted by atomic mass is 10.2. The largest absolute Gasteiger partial charge is 0.391 e. The Kier molecular flexibility index (Phi) is 6.51. The fraction of sp³-hybridized carbons (Fsp3) is 1.00. The van der Waals surface area contributed by atoms with E-state index in [0.717, 1.165) is 13.0 Å². The molecule has 0 aromatic carbocycles. The lowest BCUT2D eigenvalue weighted by molar-refractivity contribution is 0.0347. The standard InChI is InChI=1S/C8H19NO2/c1-4-11-7-8(10)5-6-9(2)3/h8,10H,4-7H2,1-3H3. The maximum absolute atomic E-state index is 9.28. The molecule has 0 radical (unpaired) electrons. The van der Waals surface area contributed by atoms with Crippen LogP contribution in [0.15, 0.2) is 0 Å². The van der Waals surface area contributed by atoms with Crippen molar-refractivity contribution in [3.8, 4) is 0 Å². The molecule has 0 aliphatic rings. The number of aliphatic hydroxyl groups excluding tert-OH is 1. The zero-order chi connectivity index (χ0) is 8.69. The van der Waals surface area contributed by atoms with Crippen molar-refractivity contribution in [1.82, 2.24) is 4.90 Å². The van der Waals surface area contributed by atoms with E-state index < -0.39 is 0 Å². The number of rotatable bonds is 6. The van der Waals surface area contributed by atoms with Gasteiger partial charge in [-0.1, -0.05) is 0 Å². The lowest BCUT2D eigenvalue weighted by Crippen LogP contribution is -2.22. The number of nitrogens with zero attached hydrogens (tertiary/aromatic N) is 1. The van der Waals surface area contributed by atoms with Crippen LogP contribution >= 0.6 is 0 Å². The number of aliphatic hydroxyl groups is 1. The smallest absolute Gasteiger partial charge is 0.0785 e. The average molecular weight is 161 g/mol. The molecule has 3 heteroatoms. The van der Waals surface area contributed by atoms with Crippen molar-refractivity contribution in [2.75, 3.05) is 33.9 Å². The molecule has 0 heterocycles. The van der Waals surface area contributed by atoms with Crippen molar-refractivity contribution in [2.45, 2.75) is 19.4 Å². The summed E-state index contributed by atoms with van der Waals surface area (Å²) in [5.41, 5.74) is 0. The van der Waals surface area contributed by atoms with Gasteiger partial charge in [0, 0.05) is 13.2 Å². The van der Waals surface area contributed by atoms with Gasteiger partial charge in [0.05, 0.1) is 12.7 Å². The molecule has 68 valence electrons. The lowest BCUT2D eigenvalue weighted by Gasteiger charge is -2.13. The highest BCUT2D eigenvalue weighted by molar-refractivity contribution is 4.55.